The lowest BCUT2D eigenvalue weighted by atomic mass is 10.2. The van der Waals surface area contributed by atoms with Gasteiger partial charge in [0.25, 0.3) is 0 Å². The van der Waals surface area contributed by atoms with Gasteiger partial charge in [0.1, 0.15) is 5.75 Å². The molecule has 1 aromatic carbocycles. The summed E-state index contributed by atoms with van der Waals surface area (Å²) in [6.45, 7) is 2.08. The average Bonchev–Trinajstić information content (AvgIpc) is 3.24. The lowest BCUT2D eigenvalue weighted by molar-refractivity contribution is 0.199. The number of halogens is 1. The van der Waals surface area contributed by atoms with Gasteiger partial charge in [0, 0.05) is 51.3 Å². The van der Waals surface area contributed by atoms with Crippen LogP contribution in [0.1, 0.15) is 5.69 Å². The molecule has 8 heteroatoms. The van der Waals surface area contributed by atoms with Crippen LogP contribution >= 0.6 is 11.3 Å². The minimum atomic E-state index is -0.427. The summed E-state index contributed by atoms with van der Waals surface area (Å²) in [5.74, 6) is 0.308. The summed E-state index contributed by atoms with van der Waals surface area (Å²) < 4.78 is 26.2. The maximum absolute atomic E-state index is 14.4. The number of nitrogens with zero attached hydrogens (tertiary/aromatic N) is 2. The quantitative estimate of drug-likeness (QED) is 0.356. The van der Waals surface area contributed by atoms with Crippen LogP contribution in [0.5, 0.6) is 11.5 Å². The van der Waals surface area contributed by atoms with Crippen molar-refractivity contribution in [1.82, 2.24) is 15.3 Å². The van der Waals surface area contributed by atoms with Crippen molar-refractivity contribution in [2.24, 2.45) is 0 Å². The van der Waals surface area contributed by atoms with E-state index in [0.717, 1.165) is 33.0 Å². The number of aromatic nitrogens is 2. The smallest absolute Gasteiger partial charge is 0.167 e. The van der Waals surface area contributed by atoms with E-state index in [4.69, 9.17) is 14.5 Å². The lowest BCUT2D eigenvalue weighted by Gasteiger charge is -2.09. The fourth-order valence-corrected chi connectivity index (χ4v) is 4.12. The van der Waals surface area contributed by atoms with Crippen LogP contribution in [0.2, 0.25) is 0 Å². The average molecular weight is 439 g/mol. The van der Waals surface area contributed by atoms with Gasteiger partial charge in [-0.15, -0.1) is 11.3 Å². The minimum absolute atomic E-state index is 0.170. The summed E-state index contributed by atoms with van der Waals surface area (Å²) in [7, 11) is 3.42. The van der Waals surface area contributed by atoms with Crippen molar-refractivity contribution in [1.29, 1.82) is 0 Å². The van der Waals surface area contributed by atoms with E-state index in [1.807, 2.05) is 24.3 Å². The first kappa shape index (κ1) is 21.2. The number of methoxy groups -OCH3 is 1. The van der Waals surface area contributed by atoms with Crippen LogP contribution in [0.4, 0.5) is 10.1 Å². The standard InChI is InChI=1S/C23H23FN4O2S/c1-25-15-6-7-20(17(24)12-15)30-21-8-9-27-19-13-22(31-23(19)21)18-5-3-4-16(28-18)14-26-10-11-29-2/h3-9,12-13,25-26H,10-11,14H2,1-2H3. The molecule has 31 heavy (non-hydrogen) atoms. The number of fused-ring (bicyclic) bond motifs is 1. The predicted molar refractivity (Wildman–Crippen MR) is 122 cm³/mol. The normalized spacial score (nSPS) is 11.1. The van der Waals surface area contributed by atoms with Crippen molar-refractivity contribution in [3.8, 4) is 22.1 Å². The third-order valence-electron chi connectivity index (χ3n) is 4.66. The third kappa shape index (κ3) is 4.99. The summed E-state index contributed by atoms with van der Waals surface area (Å²) >= 11 is 1.53. The largest absolute Gasteiger partial charge is 0.453 e. The van der Waals surface area contributed by atoms with Gasteiger partial charge in [-0.2, -0.15) is 0 Å². The van der Waals surface area contributed by atoms with Crippen molar-refractivity contribution in [2.75, 3.05) is 32.6 Å². The summed E-state index contributed by atoms with van der Waals surface area (Å²) in [5, 5.41) is 6.21. The van der Waals surface area contributed by atoms with Crippen LogP contribution in [-0.2, 0) is 11.3 Å². The second kappa shape index (κ2) is 9.82. The van der Waals surface area contributed by atoms with Crippen molar-refractivity contribution >= 4 is 27.2 Å². The van der Waals surface area contributed by atoms with E-state index >= 15 is 0 Å². The molecule has 4 rings (SSSR count). The molecule has 0 unspecified atom stereocenters. The number of pyridine rings is 2. The van der Waals surface area contributed by atoms with Gasteiger partial charge in [-0.25, -0.2) is 4.39 Å². The van der Waals surface area contributed by atoms with E-state index in [-0.39, 0.29) is 5.75 Å². The van der Waals surface area contributed by atoms with Crippen LogP contribution in [0.25, 0.3) is 20.8 Å². The van der Waals surface area contributed by atoms with Crippen molar-refractivity contribution in [3.05, 3.63) is 66.2 Å². The first-order valence-corrected chi connectivity index (χ1v) is 10.7. The SMILES string of the molecule is CNc1ccc(Oc2ccnc3cc(-c4cccc(CNCCOC)n4)sc23)c(F)c1. The Bertz CT molecular complexity index is 1180. The monoisotopic (exact) mass is 438 g/mol. The van der Waals surface area contributed by atoms with Gasteiger partial charge < -0.3 is 20.1 Å². The Morgan fingerprint density at radius 3 is 2.81 bits per heavy atom. The second-order valence-corrected chi connectivity index (χ2v) is 7.87. The molecular weight excluding hydrogens is 415 g/mol. The number of benzene rings is 1. The van der Waals surface area contributed by atoms with Gasteiger partial charge in [0.05, 0.1) is 33.1 Å². The maximum Gasteiger partial charge on any atom is 0.167 e. The van der Waals surface area contributed by atoms with Gasteiger partial charge in [-0.05, 0) is 30.3 Å². The molecule has 2 N–H and O–H groups in total. The molecular formula is C23H23FN4O2S. The third-order valence-corrected chi connectivity index (χ3v) is 5.83. The summed E-state index contributed by atoms with van der Waals surface area (Å²) in [6, 6.07) is 14.5. The first-order valence-electron chi connectivity index (χ1n) is 9.87. The molecule has 6 nitrogen and oxygen atoms in total. The van der Waals surface area contributed by atoms with Gasteiger partial charge in [0.2, 0.25) is 0 Å². The number of ether oxygens (including phenoxy) is 2. The first-order chi connectivity index (χ1) is 15.2. The molecule has 3 heterocycles. The molecule has 0 fully saturated rings. The van der Waals surface area contributed by atoms with Crippen LogP contribution in [0, 0.1) is 5.82 Å². The number of anilines is 1. The minimum Gasteiger partial charge on any atom is -0.453 e. The fraction of sp³-hybridized carbons (Fsp3) is 0.217. The van der Waals surface area contributed by atoms with E-state index in [9.17, 15) is 4.39 Å². The number of rotatable bonds is 9. The number of thiophene rings is 1. The van der Waals surface area contributed by atoms with E-state index in [1.165, 1.54) is 17.4 Å². The molecule has 0 saturated carbocycles. The molecule has 0 bridgehead atoms. The fourth-order valence-electron chi connectivity index (χ4n) is 3.08. The molecule has 0 saturated heterocycles. The summed E-state index contributed by atoms with van der Waals surface area (Å²) in [5.41, 5.74) is 3.28. The van der Waals surface area contributed by atoms with Crippen LogP contribution in [0.3, 0.4) is 0 Å². The Kier molecular flexibility index (Phi) is 6.71. The molecule has 0 aliphatic rings. The van der Waals surface area contributed by atoms with Gasteiger partial charge in [-0.1, -0.05) is 6.07 Å². The Labute approximate surface area is 184 Å². The molecule has 0 radical (unpaired) electrons. The number of nitrogens with one attached hydrogen (secondary N) is 2. The highest BCUT2D eigenvalue weighted by Gasteiger charge is 2.14. The lowest BCUT2D eigenvalue weighted by Crippen LogP contribution is -2.19. The van der Waals surface area contributed by atoms with E-state index in [2.05, 4.69) is 15.6 Å². The highest BCUT2D eigenvalue weighted by Crippen LogP contribution is 2.39. The van der Waals surface area contributed by atoms with Crippen molar-refractivity contribution in [3.63, 3.8) is 0 Å². The Balaban J connectivity index is 1.59. The van der Waals surface area contributed by atoms with Crippen LogP contribution < -0.4 is 15.4 Å². The molecule has 160 valence electrons. The van der Waals surface area contributed by atoms with Crippen molar-refractivity contribution in [2.45, 2.75) is 6.54 Å². The highest BCUT2D eigenvalue weighted by molar-refractivity contribution is 7.22. The highest BCUT2D eigenvalue weighted by atomic mass is 32.1. The zero-order valence-corrected chi connectivity index (χ0v) is 18.1. The Morgan fingerprint density at radius 2 is 2.00 bits per heavy atom. The molecule has 0 spiro atoms. The molecule has 0 aliphatic heterocycles. The van der Waals surface area contributed by atoms with Crippen molar-refractivity contribution < 1.29 is 13.9 Å². The molecule has 4 aromatic rings. The zero-order valence-electron chi connectivity index (χ0n) is 17.3. The molecule has 0 amide bonds. The molecule has 3 aromatic heterocycles. The zero-order chi connectivity index (χ0) is 21.6. The maximum atomic E-state index is 14.4. The summed E-state index contributed by atoms with van der Waals surface area (Å²) in [6.07, 6.45) is 1.66. The number of hydrogen-bond donors (Lipinski definition) is 2. The van der Waals surface area contributed by atoms with Gasteiger partial charge in [0.15, 0.2) is 11.6 Å². The molecule has 0 aliphatic carbocycles. The Morgan fingerprint density at radius 1 is 1.10 bits per heavy atom. The second-order valence-electron chi connectivity index (χ2n) is 6.82. The Hall–Kier alpha value is -3.07. The van der Waals surface area contributed by atoms with E-state index in [1.54, 1.807) is 38.6 Å². The van der Waals surface area contributed by atoms with Gasteiger partial charge in [-0.3, -0.25) is 9.97 Å². The van der Waals surface area contributed by atoms with E-state index in [0.29, 0.717) is 24.6 Å². The summed E-state index contributed by atoms with van der Waals surface area (Å²) in [4.78, 5) is 10.2. The van der Waals surface area contributed by atoms with Crippen LogP contribution in [-0.4, -0.2) is 37.3 Å². The number of hydrogen-bond acceptors (Lipinski definition) is 7. The topological polar surface area (TPSA) is 68.3 Å². The van der Waals surface area contributed by atoms with Crippen LogP contribution in [0.15, 0.2) is 54.7 Å². The van der Waals surface area contributed by atoms with E-state index < -0.39 is 5.82 Å². The predicted octanol–water partition coefficient (Wildman–Crippen LogP) is 5.07. The molecule has 0 atom stereocenters. The van der Waals surface area contributed by atoms with Gasteiger partial charge >= 0.3 is 0 Å².